The number of sulfone groups is 1. The van der Waals surface area contributed by atoms with E-state index in [2.05, 4.69) is 43.4 Å². The number of rotatable bonds is 6. The fourth-order valence-electron chi connectivity index (χ4n) is 3.06. The van der Waals surface area contributed by atoms with Gasteiger partial charge in [-0.25, -0.2) is 8.42 Å². The van der Waals surface area contributed by atoms with Crippen molar-refractivity contribution >= 4 is 9.84 Å². The van der Waals surface area contributed by atoms with Crippen molar-refractivity contribution in [1.82, 2.24) is 5.32 Å². The van der Waals surface area contributed by atoms with E-state index >= 15 is 0 Å². The summed E-state index contributed by atoms with van der Waals surface area (Å²) in [6, 6.07) is 11.0. The first-order valence-electron chi connectivity index (χ1n) is 7.35. The minimum Gasteiger partial charge on any atom is -0.312 e. The van der Waals surface area contributed by atoms with Gasteiger partial charge in [0, 0.05) is 18.3 Å². The molecule has 0 radical (unpaired) electrons. The van der Waals surface area contributed by atoms with Crippen molar-refractivity contribution in [2.45, 2.75) is 39.2 Å². The van der Waals surface area contributed by atoms with Gasteiger partial charge in [-0.3, -0.25) is 0 Å². The summed E-state index contributed by atoms with van der Waals surface area (Å²) in [5, 5.41) is 3.42. The van der Waals surface area contributed by atoms with E-state index in [9.17, 15) is 8.42 Å². The van der Waals surface area contributed by atoms with E-state index in [1.54, 1.807) is 6.92 Å². The zero-order chi connectivity index (χ0) is 14.8. The lowest BCUT2D eigenvalue weighted by atomic mass is 9.56. The molecule has 0 spiro atoms. The maximum atomic E-state index is 11.5. The van der Waals surface area contributed by atoms with Gasteiger partial charge in [-0.15, -0.1) is 0 Å². The lowest BCUT2D eigenvalue weighted by Gasteiger charge is -2.53. The fourth-order valence-corrected chi connectivity index (χ4v) is 3.77. The highest BCUT2D eigenvalue weighted by Crippen LogP contribution is 2.52. The maximum Gasteiger partial charge on any atom is 0.151 e. The molecule has 0 unspecified atom stereocenters. The number of nitrogens with one attached hydrogen (secondary N) is 1. The molecule has 1 aliphatic rings. The predicted molar refractivity (Wildman–Crippen MR) is 83.7 cm³/mol. The van der Waals surface area contributed by atoms with Crippen LogP contribution in [0.3, 0.4) is 0 Å². The number of benzene rings is 1. The summed E-state index contributed by atoms with van der Waals surface area (Å²) in [4.78, 5) is 0. The average Bonchev–Trinajstić information content (AvgIpc) is 2.43. The van der Waals surface area contributed by atoms with Crippen LogP contribution in [0, 0.1) is 5.41 Å². The van der Waals surface area contributed by atoms with Gasteiger partial charge in [0.2, 0.25) is 0 Å². The second-order valence-electron chi connectivity index (χ2n) is 6.26. The molecule has 20 heavy (non-hydrogen) atoms. The first-order chi connectivity index (χ1) is 9.37. The van der Waals surface area contributed by atoms with Gasteiger partial charge in [-0.2, -0.15) is 0 Å². The molecule has 0 aliphatic heterocycles. The van der Waals surface area contributed by atoms with Gasteiger partial charge in [0.15, 0.2) is 9.84 Å². The van der Waals surface area contributed by atoms with E-state index in [0.29, 0.717) is 18.5 Å². The number of hydrogen-bond donors (Lipinski definition) is 1. The summed E-state index contributed by atoms with van der Waals surface area (Å²) < 4.78 is 23.0. The Morgan fingerprint density at radius 3 is 2.45 bits per heavy atom. The lowest BCUT2D eigenvalue weighted by Crippen LogP contribution is -2.56. The summed E-state index contributed by atoms with van der Waals surface area (Å²) in [7, 11) is -2.86. The summed E-state index contributed by atoms with van der Waals surface area (Å²) in [6.07, 6.45) is 1.09. The Hall–Kier alpha value is -0.870. The molecule has 0 bridgehead atoms. The molecule has 1 saturated carbocycles. The van der Waals surface area contributed by atoms with Gasteiger partial charge < -0.3 is 5.32 Å². The van der Waals surface area contributed by atoms with Gasteiger partial charge in [0.05, 0.1) is 5.75 Å². The van der Waals surface area contributed by atoms with E-state index in [0.717, 1.165) is 6.42 Å². The van der Waals surface area contributed by atoms with E-state index < -0.39 is 9.84 Å². The van der Waals surface area contributed by atoms with E-state index in [4.69, 9.17) is 0 Å². The molecule has 112 valence electrons. The van der Waals surface area contributed by atoms with Crippen LogP contribution < -0.4 is 5.32 Å². The Balaban J connectivity index is 1.89. The molecule has 1 N–H and O–H groups in total. The van der Waals surface area contributed by atoms with Crippen LogP contribution in [0.15, 0.2) is 30.3 Å². The molecule has 1 aromatic carbocycles. The third-order valence-corrected chi connectivity index (χ3v) is 6.42. The minimum absolute atomic E-state index is 0.178. The van der Waals surface area contributed by atoms with Crippen LogP contribution in [0.5, 0.6) is 0 Å². The van der Waals surface area contributed by atoms with Gasteiger partial charge in [0.25, 0.3) is 0 Å². The smallest absolute Gasteiger partial charge is 0.151 e. The van der Waals surface area contributed by atoms with Crippen LogP contribution in [0.1, 0.15) is 38.7 Å². The van der Waals surface area contributed by atoms with Crippen molar-refractivity contribution < 1.29 is 8.42 Å². The maximum absolute atomic E-state index is 11.5. The molecule has 4 heteroatoms. The van der Waals surface area contributed by atoms with E-state index in [1.165, 1.54) is 5.56 Å². The van der Waals surface area contributed by atoms with Crippen molar-refractivity contribution in [2.24, 2.45) is 5.41 Å². The molecule has 1 aliphatic carbocycles. The zero-order valence-electron chi connectivity index (χ0n) is 12.6. The third kappa shape index (κ3) is 3.23. The van der Waals surface area contributed by atoms with Crippen LogP contribution >= 0.6 is 0 Å². The molecule has 2 rings (SSSR count). The van der Waals surface area contributed by atoms with Gasteiger partial charge in [-0.1, -0.05) is 51.1 Å². The summed E-state index contributed by atoms with van der Waals surface area (Å²) in [6.45, 7) is 6.79. The Morgan fingerprint density at radius 2 is 1.90 bits per heavy atom. The second-order valence-corrected chi connectivity index (χ2v) is 8.74. The molecule has 1 fully saturated rings. The average molecular weight is 295 g/mol. The summed E-state index contributed by atoms with van der Waals surface area (Å²) >= 11 is 0. The van der Waals surface area contributed by atoms with E-state index in [-0.39, 0.29) is 16.9 Å². The molecule has 0 heterocycles. The van der Waals surface area contributed by atoms with Crippen molar-refractivity contribution in [3.05, 3.63) is 35.9 Å². The van der Waals surface area contributed by atoms with Crippen LogP contribution in [0.4, 0.5) is 0 Å². The second kappa shape index (κ2) is 5.86. The standard InChI is InChI=1S/C16H25NO2S/c1-4-20(18,19)11-10-17-15-12-14(16(15,2)3)13-8-6-5-7-9-13/h5-9,14-15,17H,4,10-12H2,1-3H3/t14-,15-/m0/s1. The Labute approximate surface area is 122 Å². The third-order valence-electron chi connectivity index (χ3n) is 4.71. The molecule has 0 amide bonds. The highest BCUT2D eigenvalue weighted by atomic mass is 32.2. The molecular formula is C16H25NO2S. The Kier molecular flexibility index (Phi) is 4.55. The molecule has 3 nitrogen and oxygen atoms in total. The van der Waals surface area contributed by atoms with Crippen LogP contribution in [-0.2, 0) is 9.84 Å². The largest absolute Gasteiger partial charge is 0.312 e. The first-order valence-corrected chi connectivity index (χ1v) is 9.17. The van der Waals surface area contributed by atoms with Crippen LogP contribution in [0.2, 0.25) is 0 Å². The Bertz CT molecular complexity index is 537. The summed E-state index contributed by atoms with van der Waals surface area (Å²) in [5.74, 6) is 1.03. The first kappa shape index (κ1) is 15.5. The number of hydrogen-bond acceptors (Lipinski definition) is 3. The lowest BCUT2D eigenvalue weighted by molar-refractivity contribution is 0.0708. The highest BCUT2D eigenvalue weighted by molar-refractivity contribution is 7.91. The van der Waals surface area contributed by atoms with Crippen LogP contribution in [0.25, 0.3) is 0 Å². The zero-order valence-corrected chi connectivity index (χ0v) is 13.4. The van der Waals surface area contributed by atoms with Crippen molar-refractivity contribution in [1.29, 1.82) is 0 Å². The quantitative estimate of drug-likeness (QED) is 0.877. The topological polar surface area (TPSA) is 46.2 Å². The van der Waals surface area contributed by atoms with Gasteiger partial charge in [0.1, 0.15) is 0 Å². The molecule has 1 aromatic rings. The monoisotopic (exact) mass is 295 g/mol. The van der Waals surface area contributed by atoms with Crippen LogP contribution in [-0.4, -0.2) is 32.5 Å². The predicted octanol–water partition coefficient (Wildman–Crippen LogP) is 2.59. The molecule has 2 atom stereocenters. The van der Waals surface area contributed by atoms with Gasteiger partial charge >= 0.3 is 0 Å². The normalized spacial score (nSPS) is 25.1. The minimum atomic E-state index is -2.86. The van der Waals surface area contributed by atoms with Crippen molar-refractivity contribution in [2.75, 3.05) is 18.1 Å². The highest BCUT2D eigenvalue weighted by Gasteiger charge is 2.48. The SMILES string of the molecule is CCS(=O)(=O)CCN[C@H]1C[C@@H](c2ccccc2)C1(C)C. The fraction of sp³-hybridized carbons (Fsp3) is 0.625. The molecule has 0 saturated heterocycles. The summed E-state index contributed by atoms with van der Waals surface area (Å²) in [5.41, 5.74) is 1.56. The van der Waals surface area contributed by atoms with Gasteiger partial charge in [-0.05, 0) is 23.3 Å². The van der Waals surface area contributed by atoms with Crippen molar-refractivity contribution in [3.8, 4) is 0 Å². The Morgan fingerprint density at radius 1 is 1.25 bits per heavy atom. The van der Waals surface area contributed by atoms with E-state index in [1.807, 2.05) is 6.07 Å². The molecular weight excluding hydrogens is 270 g/mol. The molecule has 0 aromatic heterocycles. The van der Waals surface area contributed by atoms with Crippen molar-refractivity contribution in [3.63, 3.8) is 0 Å².